The summed E-state index contributed by atoms with van der Waals surface area (Å²) < 4.78 is 56.6. The molecule has 32 heavy (non-hydrogen) atoms. The molecule has 0 aromatic heterocycles. The van der Waals surface area contributed by atoms with E-state index in [1.54, 1.807) is 25.3 Å². The first-order valence-electron chi connectivity index (χ1n) is 10.9. The highest BCUT2D eigenvalue weighted by Gasteiger charge is 2.46. The Balaban J connectivity index is 1.56. The van der Waals surface area contributed by atoms with Crippen molar-refractivity contribution < 1.29 is 21.6 Å². The molecule has 9 heteroatoms. The fraction of sp³-hybridized carbons (Fsp3) is 0.478. The molecule has 2 fully saturated rings. The number of likely N-dealkylation sites (tertiary alicyclic amines) is 1. The highest BCUT2D eigenvalue weighted by atomic mass is 32.2. The standard InChI is InChI=1S/C23H30N2O5S2/c1-30-19-11-9-18(10-12-19)22(25-13-5-6-14-25)15-24-21-16-31(26,27)17-23(21)32(28,29)20-7-3-2-4-8-20/h2-4,7-12,21-24H,5-6,13-17H2,1H3/t21-,22?,23-/m0/s1. The molecular weight excluding hydrogens is 448 g/mol. The lowest BCUT2D eigenvalue weighted by molar-refractivity contribution is 0.234. The fourth-order valence-electron chi connectivity index (χ4n) is 4.70. The second kappa shape index (κ2) is 9.51. The highest BCUT2D eigenvalue weighted by molar-refractivity contribution is 7.96. The minimum absolute atomic E-state index is 0.0341. The second-order valence-electron chi connectivity index (χ2n) is 8.52. The van der Waals surface area contributed by atoms with Gasteiger partial charge in [0.25, 0.3) is 0 Å². The zero-order chi connectivity index (χ0) is 22.8. The van der Waals surface area contributed by atoms with Gasteiger partial charge >= 0.3 is 0 Å². The summed E-state index contributed by atoms with van der Waals surface area (Å²) in [5.74, 6) is 0.260. The van der Waals surface area contributed by atoms with Gasteiger partial charge in [-0.25, -0.2) is 16.8 Å². The monoisotopic (exact) mass is 478 g/mol. The Morgan fingerprint density at radius 3 is 2.31 bits per heavy atom. The van der Waals surface area contributed by atoms with E-state index in [0.717, 1.165) is 37.2 Å². The Kier molecular flexibility index (Phi) is 6.90. The van der Waals surface area contributed by atoms with Gasteiger partial charge in [-0.05, 0) is 55.8 Å². The van der Waals surface area contributed by atoms with Crippen LogP contribution >= 0.6 is 0 Å². The van der Waals surface area contributed by atoms with Gasteiger partial charge in [0.1, 0.15) is 5.75 Å². The summed E-state index contributed by atoms with van der Waals surface area (Å²) in [6, 6.07) is 15.4. The molecule has 2 aromatic carbocycles. The van der Waals surface area contributed by atoms with Crippen LogP contribution in [-0.2, 0) is 19.7 Å². The maximum atomic E-state index is 13.2. The van der Waals surface area contributed by atoms with E-state index in [4.69, 9.17) is 4.74 Å². The number of nitrogens with one attached hydrogen (secondary N) is 1. The third kappa shape index (κ3) is 5.01. The van der Waals surface area contributed by atoms with E-state index < -0.39 is 31.0 Å². The largest absolute Gasteiger partial charge is 0.497 e. The molecule has 2 aliphatic rings. The van der Waals surface area contributed by atoms with Gasteiger partial charge in [-0.3, -0.25) is 4.90 Å². The lowest BCUT2D eigenvalue weighted by Crippen LogP contribution is -2.46. The van der Waals surface area contributed by atoms with Crippen molar-refractivity contribution in [3.63, 3.8) is 0 Å². The van der Waals surface area contributed by atoms with Crippen LogP contribution in [0.15, 0.2) is 59.5 Å². The molecule has 174 valence electrons. The number of methoxy groups -OCH3 is 1. The summed E-state index contributed by atoms with van der Waals surface area (Å²) >= 11 is 0. The highest BCUT2D eigenvalue weighted by Crippen LogP contribution is 2.29. The first-order valence-corrected chi connectivity index (χ1v) is 14.3. The topological polar surface area (TPSA) is 92.8 Å². The fourth-order valence-corrected chi connectivity index (χ4v) is 9.43. The average molecular weight is 479 g/mol. The van der Waals surface area contributed by atoms with Crippen LogP contribution in [0, 0.1) is 0 Å². The van der Waals surface area contributed by atoms with E-state index in [1.807, 2.05) is 24.3 Å². The first-order chi connectivity index (χ1) is 15.3. The van der Waals surface area contributed by atoms with Gasteiger partial charge < -0.3 is 10.1 Å². The smallest absolute Gasteiger partial charge is 0.183 e. The molecule has 4 rings (SSSR count). The van der Waals surface area contributed by atoms with Crippen LogP contribution < -0.4 is 10.1 Å². The molecule has 0 bridgehead atoms. The zero-order valence-electron chi connectivity index (χ0n) is 18.2. The molecule has 2 heterocycles. The van der Waals surface area contributed by atoms with Crippen molar-refractivity contribution in [3.05, 3.63) is 60.2 Å². The number of hydrogen-bond donors (Lipinski definition) is 1. The number of hydrogen-bond acceptors (Lipinski definition) is 7. The average Bonchev–Trinajstić information content (AvgIpc) is 3.43. The van der Waals surface area contributed by atoms with Crippen LogP contribution in [0.3, 0.4) is 0 Å². The normalized spacial score (nSPS) is 24.4. The summed E-state index contributed by atoms with van der Waals surface area (Å²) in [7, 11) is -5.59. The van der Waals surface area contributed by atoms with Crippen molar-refractivity contribution >= 4 is 19.7 Å². The molecule has 0 saturated carbocycles. The zero-order valence-corrected chi connectivity index (χ0v) is 19.8. The van der Waals surface area contributed by atoms with Crippen molar-refractivity contribution in [1.82, 2.24) is 10.2 Å². The van der Waals surface area contributed by atoms with Gasteiger partial charge in [0.2, 0.25) is 0 Å². The Morgan fingerprint density at radius 2 is 1.69 bits per heavy atom. The maximum Gasteiger partial charge on any atom is 0.183 e. The Labute approximate surface area is 190 Å². The molecule has 7 nitrogen and oxygen atoms in total. The van der Waals surface area contributed by atoms with Crippen LogP contribution in [0.5, 0.6) is 5.75 Å². The van der Waals surface area contributed by atoms with Crippen LogP contribution in [0.2, 0.25) is 0 Å². The molecule has 0 spiro atoms. The predicted octanol–water partition coefficient (Wildman–Crippen LogP) is 2.06. The molecule has 2 aromatic rings. The SMILES string of the molecule is COc1ccc(C(CN[C@H]2CS(=O)(=O)C[C@@H]2S(=O)(=O)c2ccccc2)N2CCCC2)cc1. The van der Waals surface area contributed by atoms with Crippen LogP contribution in [0.25, 0.3) is 0 Å². The lowest BCUT2D eigenvalue weighted by Gasteiger charge is -2.30. The molecule has 3 atom stereocenters. The molecule has 0 radical (unpaired) electrons. The van der Waals surface area contributed by atoms with E-state index >= 15 is 0 Å². The number of ether oxygens (including phenoxy) is 1. The molecule has 2 saturated heterocycles. The summed E-state index contributed by atoms with van der Waals surface area (Å²) in [5, 5.41) is 2.34. The first kappa shape index (κ1) is 23.2. The maximum absolute atomic E-state index is 13.2. The van der Waals surface area contributed by atoms with Crippen molar-refractivity contribution in [2.75, 3.05) is 38.2 Å². The number of rotatable bonds is 8. The molecule has 2 aliphatic heterocycles. The minimum atomic E-state index is -3.77. The van der Waals surface area contributed by atoms with Gasteiger partial charge in [0.05, 0.1) is 28.8 Å². The summed E-state index contributed by atoms with van der Waals surface area (Å²) in [4.78, 5) is 2.54. The van der Waals surface area contributed by atoms with Crippen molar-refractivity contribution in [2.24, 2.45) is 0 Å². The van der Waals surface area contributed by atoms with E-state index in [-0.39, 0.29) is 22.4 Å². The van der Waals surface area contributed by atoms with Gasteiger partial charge in [-0.1, -0.05) is 30.3 Å². The minimum Gasteiger partial charge on any atom is -0.497 e. The third-order valence-corrected chi connectivity index (χ3v) is 10.6. The van der Waals surface area contributed by atoms with Gasteiger partial charge in [-0.2, -0.15) is 0 Å². The van der Waals surface area contributed by atoms with Crippen LogP contribution in [0.1, 0.15) is 24.4 Å². The predicted molar refractivity (Wildman–Crippen MR) is 124 cm³/mol. The van der Waals surface area contributed by atoms with E-state index in [1.165, 1.54) is 12.1 Å². The molecule has 1 unspecified atom stereocenters. The lowest BCUT2D eigenvalue weighted by atomic mass is 10.0. The molecule has 0 amide bonds. The van der Waals surface area contributed by atoms with E-state index in [9.17, 15) is 16.8 Å². The third-order valence-electron chi connectivity index (χ3n) is 6.43. The summed E-state index contributed by atoms with van der Waals surface area (Å²) in [6.45, 7) is 2.41. The summed E-state index contributed by atoms with van der Waals surface area (Å²) in [6.07, 6.45) is 2.24. The van der Waals surface area contributed by atoms with Gasteiger partial charge in [0.15, 0.2) is 19.7 Å². The quantitative estimate of drug-likeness (QED) is 0.621. The Morgan fingerprint density at radius 1 is 1.03 bits per heavy atom. The van der Waals surface area contributed by atoms with Crippen LogP contribution in [0.4, 0.5) is 0 Å². The molecular formula is C23H30N2O5S2. The van der Waals surface area contributed by atoms with E-state index in [0.29, 0.717) is 6.54 Å². The van der Waals surface area contributed by atoms with E-state index in [2.05, 4.69) is 10.2 Å². The van der Waals surface area contributed by atoms with Crippen molar-refractivity contribution in [1.29, 1.82) is 0 Å². The number of sulfone groups is 2. The molecule has 1 N–H and O–H groups in total. The summed E-state index contributed by atoms with van der Waals surface area (Å²) in [5.41, 5.74) is 1.10. The van der Waals surface area contributed by atoms with Crippen LogP contribution in [-0.4, -0.2) is 71.3 Å². The van der Waals surface area contributed by atoms with Crippen molar-refractivity contribution in [3.8, 4) is 5.75 Å². The Hall–Kier alpha value is -1.94. The Bertz CT molecular complexity index is 1110. The van der Waals surface area contributed by atoms with Gasteiger partial charge in [-0.15, -0.1) is 0 Å². The number of nitrogens with zero attached hydrogens (tertiary/aromatic N) is 1. The number of benzene rings is 2. The van der Waals surface area contributed by atoms with Crippen molar-refractivity contribution in [2.45, 2.75) is 35.1 Å². The van der Waals surface area contributed by atoms with Gasteiger partial charge in [0, 0.05) is 18.6 Å². The molecule has 0 aliphatic carbocycles. The second-order valence-corrected chi connectivity index (χ2v) is 12.8.